The zero-order valence-corrected chi connectivity index (χ0v) is 12.0. The van der Waals surface area contributed by atoms with E-state index in [9.17, 15) is 4.79 Å². The minimum atomic E-state index is -0.0245. The fourth-order valence-corrected chi connectivity index (χ4v) is 2.51. The molecule has 0 aromatic carbocycles. The number of aryl methyl sites for hydroxylation is 1. The van der Waals surface area contributed by atoms with Crippen molar-refractivity contribution in [1.82, 2.24) is 15.0 Å². The van der Waals surface area contributed by atoms with Crippen LogP contribution in [0, 0.1) is 12.8 Å². The normalized spacial score (nSPS) is 23.1. The molecule has 1 fully saturated rings. The molecule has 1 amide bonds. The van der Waals surface area contributed by atoms with Gasteiger partial charge >= 0.3 is 0 Å². The van der Waals surface area contributed by atoms with Crippen LogP contribution in [-0.2, 0) is 16.1 Å². The molecule has 1 aliphatic heterocycles. The van der Waals surface area contributed by atoms with E-state index in [1.807, 2.05) is 4.90 Å². The monoisotopic (exact) mass is 282 g/mol. The summed E-state index contributed by atoms with van der Waals surface area (Å²) in [6, 6.07) is 0.125. The van der Waals surface area contributed by atoms with Gasteiger partial charge in [-0.3, -0.25) is 4.79 Å². The molecule has 1 aliphatic rings. The molecule has 112 valence electrons. The van der Waals surface area contributed by atoms with Crippen molar-refractivity contribution < 1.29 is 14.1 Å². The molecule has 7 nitrogen and oxygen atoms in total. The van der Waals surface area contributed by atoms with Crippen LogP contribution in [0.15, 0.2) is 4.52 Å². The third kappa shape index (κ3) is 3.77. The van der Waals surface area contributed by atoms with Crippen LogP contribution in [-0.4, -0.2) is 46.7 Å². The SMILES string of the molecule is Cc1noc(COCC(=O)N2CCC(C)CC2CN)n1. The Bertz CT molecular complexity index is 449. The molecule has 0 aliphatic carbocycles. The number of carbonyl (C=O) groups is 1. The van der Waals surface area contributed by atoms with Crippen LogP contribution in [0.3, 0.4) is 0 Å². The first-order valence-corrected chi connectivity index (χ1v) is 6.96. The maximum atomic E-state index is 12.1. The van der Waals surface area contributed by atoms with E-state index in [4.69, 9.17) is 15.0 Å². The first-order valence-electron chi connectivity index (χ1n) is 6.96. The standard InChI is InChI=1S/C13H22N4O3/c1-9-3-4-17(11(5-9)6-14)13(18)8-19-7-12-15-10(2)16-20-12/h9,11H,3-8,14H2,1-2H3. The van der Waals surface area contributed by atoms with E-state index in [1.54, 1.807) is 6.92 Å². The van der Waals surface area contributed by atoms with Gasteiger partial charge in [-0.05, 0) is 25.7 Å². The van der Waals surface area contributed by atoms with Crippen LogP contribution in [0.25, 0.3) is 0 Å². The smallest absolute Gasteiger partial charge is 0.252 e. The lowest BCUT2D eigenvalue weighted by Crippen LogP contribution is -2.50. The molecule has 1 aromatic rings. The van der Waals surface area contributed by atoms with Crippen molar-refractivity contribution in [2.75, 3.05) is 19.7 Å². The molecule has 2 atom stereocenters. The van der Waals surface area contributed by atoms with E-state index >= 15 is 0 Å². The maximum absolute atomic E-state index is 12.1. The third-order valence-electron chi connectivity index (χ3n) is 3.59. The zero-order valence-electron chi connectivity index (χ0n) is 12.0. The highest BCUT2D eigenvalue weighted by Gasteiger charge is 2.28. The van der Waals surface area contributed by atoms with Crippen LogP contribution < -0.4 is 5.73 Å². The van der Waals surface area contributed by atoms with Gasteiger partial charge < -0.3 is 19.9 Å². The molecule has 20 heavy (non-hydrogen) atoms. The highest BCUT2D eigenvalue weighted by Crippen LogP contribution is 2.21. The van der Waals surface area contributed by atoms with Gasteiger partial charge in [-0.1, -0.05) is 12.1 Å². The number of ether oxygens (including phenoxy) is 1. The van der Waals surface area contributed by atoms with E-state index in [0.717, 1.165) is 19.4 Å². The summed E-state index contributed by atoms with van der Waals surface area (Å²) in [5.41, 5.74) is 5.75. The molecule has 2 rings (SSSR count). The number of amides is 1. The van der Waals surface area contributed by atoms with E-state index in [-0.39, 0.29) is 25.2 Å². The van der Waals surface area contributed by atoms with Gasteiger partial charge in [-0.2, -0.15) is 4.98 Å². The number of hydrogen-bond acceptors (Lipinski definition) is 6. The van der Waals surface area contributed by atoms with E-state index in [1.165, 1.54) is 0 Å². The van der Waals surface area contributed by atoms with Gasteiger partial charge in [0, 0.05) is 19.1 Å². The minimum absolute atomic E-state index is 0.0201. The average Bonchev–Trinajstić information content (AvgIpc) is 2.84. The number of likely N-dealkylation sites (tertiary alicyclic amines) is 1. The van der Waals surface area contributed by atoms with Crippen molar-refractivity contribution in [2.45, 2.75) is 39.3 Å². The molecular formula is C13H22N4O3. The molecule has 0 bridgehead atoms. The largest absolute Gasteiger partial charge is 0.362 e. The Morgan fingerprint density at radius 2 is 2.40 bits per heavy atom. The topological polar surface area (TPSA) is 94.5 Å². The second-order valence-corrected chi connectivity index (χ2v) is 5.33. The van der Waals surface area contributed by atoms with Crippen LogP contribution in [0.4, 0.5) is 0 Å². The molecule has 1 aromatic heterocycles. The van der Waals surface area contributed by atoms with Crippen molar-refractivity contribution in [3.63, 3.8) is 0 Å². The van der Waals surface area contributed by atoms with Gasteiger partial charge in [-0.15, -0.1) is 0 Å². The highest BCUT2D eigenvalue weighted by molar-refractivity contribution is 5.77. The summed E-state index contributed by atoms with van der Waals surface area (Å²) in [5, 5.41) is 3.66. The summed E-state index contributed by atoms with van der Waals surface area (Å²) in [6.07, 6.45) is 1.98. The Balaban J connectivity index is 1.79. The fraction of sp³-hybridized carbons (Fsp3) is 0.769. The lowest BCUT2D eigenvalue weighted by atomic mass is 9.92. The second-order valence-electron chi connectivity index (χ2n) is 5.33. The van der Waals surface area contributed by atoms with Gasteiger partial charge in [0.15, 0.2) is 5.82 Å². The fourth-order valence-electron chi connectivity index (χ4n) is 2.51. The Morgan fingerprint density at radius 3 is 3.05 bits per heavy atom. The average molecular weight is 282 g/mol. The molecule has 1 saturated heterocycles. The Labute approximate surface area is 118 Å². The van der Waals surface area contributed by atoms with Gasteiger partial charge in [0.05, 0.1) is 0 Å². The van der Waals surface area contributed by atoms with Crippen molar-refractivity contribution in [2.24, 2.45) is 11.7 Å². The molecule has 2 heterocycles. The van der Waals surface area contributed by atoms with Crippen LogP contribution in [0.2, 0.25) is 0 Å². The molecular weight excluding hydrogens is 260 g/mol. The number of rotatable bonds is 5. The van der Waals surface area contributed by atoms with Crippen molar-refractivity contribution in [3.05, 3.63) is 11.7 Å². The van der Waals surface area contributed by atoms with Crippen molar-refractivity contribution in [3.8, 4) is 0 Å². The number of nitrogens with two attached hydrogens (primary N) is 1. The first kappa shape index (κ1) is 14.9. The van der Waals surface area contributed by atoms with Gasteiger partial charge in [-0.25, -0.2) is 0 Å². The highest BCUT2D eigenvalue weighted by atomic mass is 16.5. The van der Waals surface area contributed by atoms with Gasteiger partial charge in [0.1, 0.15) is 13.2 Å². The summed E-state index contributed by atoms with van der Waals surface area (Å²) in [5.74, 6) is 1.54. The lowest BCUT2D eigenvalue weighted by Gasteiger charge is -2.37. The summed E-state index contributed by atoms with van der Waals surface area (Å²) in [4.78, 5) is 18.0. The number of hydrogen-bond donors (Lipinski definition) is 1. The van der Waals surface area contributed by atoms with E-state index < -0.39 is 0 Å². The van der Waals surface area contributed by atoms with Crippen LogP contribution >= 0.6 is 0 Å². The predicted molar refractivity (Wildman–Crippen MR) is 71.6 cm³/mol. The maximum Gasteiger partial charge on any atom is 0.252 e. The first-order chi connectivity index (χ1) is 9.60. The Hall–Kier alpha value is -1.47. The molecule has 2 N–H and O–H groups in total. The Kier molecular flexibility index (Phi) is 5.08. The van der Waals surface area contributed by atoms with Crippen molar-refractivity contribution >= 4 is 5.91 Å². The molecule has 0 saturated carbocycles. The summed E-state index contributed by atoms with van der Waals surface area (Å²) < 4.78 is 10.3. The quantitative estimate of drug-likeness (QED) is 0.844. The van der Waals surface area contributed by atoms with Crippen molar-refractivity contribution in [1.29, 1.82) is 0 Å². The number of piperidine rings is 1. The molecule has 7 heteroatoms. The minimum Gasteiger partial charge on any atom is -0.362 e. The van der Waals surface area contributed by atoms with Gasteiger partial charge in [0.25, 0.3) is 5.89 Å². The number of aromatic nitrogens is 2. The summed E-state index contributed by atoms with van der Waals surface area (Å²) in [7, 11) is 0. The number of carbonyl (C=O) groups excluding carboxylic acids is 1. The molecule has 0 radical (unpaired) electrons. The van der Waals surface area contributed by atoms with Crippen LogP contribution in [0.1, 0.15) is 31.5 Å². The van der Waals surface area contributed by atoms with E-state index in [2.05, 4.69) is 17.1 Å². The summed E-state index contributed by atoms with van der Waals surface area (Å²) in [6.45, 7) is 5.36. The zero-order chi connectivity index (χ0) is 14.5. The van der Waals surface area contributed by atoms with E-state index in [0.29, 0.717) is 24.2 Å². The second kappa shape index (κ2) is 6.81. The number of nitrogens with zero attached hydrogens (tertiary/aromatic N) is 3. The van der Waals surface area contributed by atoms with Gasteiger partial charge in [0.2, 0.25) is 5.91 Å². The van der Waals surface area contributed by atoms with Crippen LogP contribution in [0.5, 0.6) is 0 Å². The Morgan fingerprint density at radius 1 is 1.60 bits per heavy atom. The third-order valence-corrected chi connectivity index (χ3v) is 3.59. The lowest BCUT2D eigenvalue weighted by molar-refractivity contribution is -0.141. The molecule has 0 spiro atoms. The summed E-state index contributed by atoms with van der Waals surface area (Å²) >= 11 is 0. The predicted octanol–water partition coefficient (Wildman–Crippen LogP) is 0.480. The molecule has 2 unspecified atom stereocenters.